The highest BCUT2D eigenvalue weighted by atomic mass is 32.2. The van der Waals surface area contributed by atoms with Crippen LogP contribution in [0.2, 0.25) is 0 Å². The molecule has 4 rings (SSSR count). The molecule has 0 atom stereocenters. The fourth-order valence-electron chi connectivity index (χ4n) is 3.30. The van der Waals surface area contributed by atoms with Gasteiger partial charge in [0.15, 0.2) is 16.3 Å². The van der Waals surface area contributed by atoms with E-state index < -0.39 is 10.0 Å². The lowest BCUT2D eigenvalue weighted by Gasteiger charge is -2.13. The van der Waals surface area contributed by atoms with Gasteiger partial charge < -0.3 is 14.0 Å². The molecule has 0 saturated heterocycles. The average molecular weight is 428 g/mol. The molecule has 2 aromatic heterocycles. The molecule has 0 fully saturated rings. The molecule has 0 aliphatic rings. The molecule has 1 N–H and O–H groups in total. The van der Waals surface area contributed by atoms with Crippen molar-refractivity contribution in [1.82, 2.24) is 14.9 Å². The molecule has 0 aliphatic heterocycles. The predicted octanol–water partition coefficient (Wildman–Crippen LogP) is 3.35. The number of methoxy groups -OCH3 is 2. The largest absolute Gasteiger partial charge is 0.495 e. The number of hydrogen-bond acceptors (Lipinski definition) is 7. The molecule has 2 heterocycles. The molecule has 10 heteroatoms. The van der Waals surface area contributed by atoms with Gasteiger partial charge in [-0.2, -0.15) is 5.10 Å². The van der Waals surface area contributed by atoms with E-state index in [0.717, 1.165) is 16.7 Å². The second-order valence-electron chi connectivity index (χ2n) is 6.72. The Morgan fingerprint density at radius 2 is 1.83 bits per heavy atom. The number of ether oxygens (including phenoxy) is 2. The van der Waals surface area contributed by atoms with Crippen molar-refractivity contribution in [1.29, 1.82) is 0 Å². The number of nitrogens with zero attached hydrogens (tertiary/aromatic N) is 3. The molecule has 4 aromatic rings. The Hall–Kier alpha value is -3.53. The van der Waals surface area contributed by atoms with Crippen molar-refractivity contribution in [3.8, 4) is 22.6 Å². The zero-order chi connectivity index (χ0) is 21.5. The van der Waals surface area contributed by atoms with Crippen LogP contribution in [0.1, 0.15) is 5.56 Å². The van der Waals surface area contributed by atoms with Crippen LogP contribution < -0.4 is 14.2 Å². The fraction of sp³-hybridized carbons (Fsp3) is 0.200. The lowest BCUT2D eigenvalue weighted by atomic mass is 10.0. The van der Waals surface area contributed by atoms with Crippen molar-refractivity contribution >= 4 is 26.8 Å². The van der Waals surface area contributed by atoms with Crippen LogP contribution in [0, 0.1) is 6.92 Å². The third kappa shape index (κ3) is 3.35. The summed E-state index contributed by atoms with van der Waals surface area (Å²) in [7, 11) is 0.515. The molecular weight excluding hydrogens is 408 g/mol. The molecule has 0 saturated carbocycles. The normalized spacial score (nSPS) is 11.6. The summed E-state index contributed by atoms with van der Waals surface area (Å²) in [5.74, 6) is 0.385. The number of benzene rings is 2. The van der Waals surface area contributed by atoms with E-state index in [0.29, 0.717) is 11.0 Å². The van der Waals surface area contributed by atoms with Crippen LogP contribution in [0.4, 0.5) is 5.82 Å². The highest BCUT2D eigenvalue weighted by molar-refractivity contribution is 7.93. The zero-order valence-electron chi connectivity index (χ0n) is 16.8. The van der Waals surface area contributed by atoms with Crippen LogP contribution in [0.25, 0.3) is 22.1 Å². The first kappa shape index (κ1) is 19.8. The molecule has 0 unspecified atom stereocenters. The van der Waals surface area contributed by atoms with Gasteiger partial charge in [0.1, 0.15) is 11.5 Å². The van der Waals surface area contributed by atoms with Gasteiger partial charge in [-0.15, -0.1) is 0 Å². The molecule has 9 nitrogen and oxygen atoms in total. The van der Waals surface area contributed by atoms with E-state index in [4.69, 9.17) is 14.0 Å². The van der Waals surface area contributed by atoms with Crippen LogP contribution in [-0.4, -0.2) is 37.6 Å². The molecule has 0 amide bonds. The lowest BCUT2D eigenvalue weighted by Crippen LogP contribution is -2.15. The van der Waals surface area contributed by atoms with E-state index in [2.05, 4.69) is 15.0 Å². The van der Waals surface area contributed by atoms with E-state index in [1.165, 1.54) is 14.2 Å². The van der Waals surface area contributed by atoms with Gasteiger partial charge >= 0.3 is 0 Å². The minimum Gasteiger partial charge on any atom is -0.495 e. The van der Waals surface area contributed by atoms with Crippen LogP contribution in [0.5, 0.6) is 11.5 Å². The predicted molar refractivity (Wildman–Crippen MR) is 111 cm³/mol. The molecule has 156 valence electrons. The van der Waals surface area contributed by atoms with Crippen molar-refractivity contribution in [3.63, 3.8) is 0 Å². The third-order valence-electron chi connectivity index (χ3n) is 4.61. The first-order chi connectivity index (χ1) is 14.3. The van der Waals surface area contributed by atoms with Crippen molar-refractivity contribution in [3.05, 3.63) is 48.3 Å². The Balaban J connectivity index is 1.83. The average Bonchev–Trinajstić information content (AvgIpc) is 3.32. The number of rotatable bonds is 6. The number of hydrogen-bond donors (Lipinski definition) is 1. The maximum Gasteiger partial charge on any atom is 0.270 e. The van der Waals surface area contributed by atoms with Gasteiger partial charge in [0.2, 0.25) is 0 Å². The minimum absolute atomic E-state index is 0.0757. The van der Waals surface area contributed by atoms with Gasteiger partial charge in [0.25, 0.3) is 10.0 Å². The monoisotopic (exact) mass is 428 g/mol. The lowest BCUT2D eigenvalue weighted by molar-refractivity contribution is 0.373. The van der Waals surface area contributed by atoms with E-state index in [1.54, 1.807) is 29.1 Å². The first-order valence-electron chi connectivity index (χ1n) is 8.97. The van der Waals surface area contributed by atoms with E-state index in [1.807, 2.05) is 32.3 Å². The summed E-state index contributed by atoms with van der Waals surface area (Å²) in [4.78, 5) is -0.119. The maximum absolute atomic E-state index is 13.2. The summed E-state index contributed by atoms with van der Waals surface area (Å²) >= 11 is 0. The Morgan fingerprint density at radius 1 is 1.13 bits per heavy atom. The van der Waals surface area contributed by atoms with Crippen molar-refractivity contribution < 1.29 is 22.4 Å². The summed E-state index contributed by atoms with van der Waals surface area (Å²) in [6.45, 7) is 1.91. The highest BCUT2D eigenvalue weighted by Gasteiger charge is 2.27. The van der Waals surface area contributed by atoms with Gasteiger partial charge in [-0.25, -0.2) is 8.42 Å². The summed E-state index contributed by atoms with van der Waals surface area (Å²) in [6, 6.07) is 8.48. The number of fused-ring (bicyclic) bond motifs is 1. The van der Waals surface area contributed by atoms with E-state index >= 15 is 0 Å². The highest BCUT2D eigenvalue weighted by Crippen LogP contribution is 2.37. The number of aryl methyl sites for hydroxylation is 2. The van der Waals surface area contributed by atoms with Crippen molar-refractivity contribution in [2.24, 2.45) is 7.05 Å². The quantitative estimate of drug-likeness (QED) is 0.502. The van der Waals surface area contributed by atoms with Gasteiger partial charge in [-0.05, 0) is 36.8 Å². The van der Waals surface area contributed by atoms with Crippen molar-refractivity contribution in [2.75, 3.05) is 18.9 Å². The Morgan fingerprint density at radius 3 is 2.43 bits per heavy atom. The third-order valence-corrected chi connectivity index (χ3v) is 6.02. The summed E-state index contributed by atoms with van der Waals surface area (Å²) in [5.41, 5.74) is 2.98. The number of nitrogens with one attached hydrogen (secondary N) is 1. The van der Waals surface area contributed by atoms with Gasteiger partial charge in [-0.1, -0.05) is 11.2 Å². The summed E-state index contributed by atoms with van der Waals surface area (Å²) < 4.78 is 46.5. The molecule has 0 bridgehead atoms. The van der Waals surface area contributed by atoms with E-state index in [-0.39, 0.29) is 22.2 Å². The SMILES string of the molecule is COc1cccc(OC)c1S(=O)(=O)Nc1noc2c(-c3cnn(C)c3)cc(C)cc12. The van der Waals surface area contributed by atoms with Gasteiger partial charge in [-0.3, -0.25) is 9.40 Å². The summed E-state index contributed by atoms with van der Waals surface area (Å²) in [5, 5.41) is 8.70. The van der Waals surface area contributed by atoms with Crippen LogP contribution >= 0.6 is 0 Å². The molecule has 0 radical (unpaired) electrons. The minimum atomic E-state index is -4.09. The Kier molecular flexibility index (Phi) is 4.86. The second-order valence-corrected chi connectivity index (χ2v) is 8.34. The number of aromatic nitrogens is 3. The molecule has 2 aromatic carbocycles. The second kappa shape index (κ2) is 7.38. The van der Waals surface area contributed by atoms with Gasteiger partial charge in [0.05, 0.1) is 25.8 Å². The summed E-state index contributed by atoms with van der Waals surface area (Å²) in [6.07, 6.45) is 3.56. The first-order valence-corrected chi connectivity index (χ1v) is 10.4. The van der Waals surface area contributed by atoms with Crippen LogP contribution in [-0.2, 0) is 17.1 Å². The Bertz CT molecular complexity index is 1320. The smallest absolute Gasteiger partial charge is 0.270 e. The van der Waals surface area contributed by atoms with Crippen molar-refractivity contribution in [2.45, 2.75) is 11.8 Å². The van der Waals surface area contributed by atoms with Crippen LogP contribution in [0.15, 0.2) is 52.1 Å². The fourth-order valence-corrected chi connectivity index (χ4v) is 4.63. The number of sulfonamides is 1. The molecule has 0 spiro atoms. The topological polar surface area (TPSA) is 108 Å². The molecular formula is C20H20N4O5S. The Labute approximate surface area is 173 Å². The van der Waals surface area contributed by atoms with Crippen LogP contribution in [0.3, 0.4) is 0 Å². The maximum atomic E-state index is 13.2. The van der Waals surface area contributed by atoms with Gasteiger partial charge in [0, 0.05) is 24.4 Å². The number of anilines is 1. The molecule has 30 heavy (non-hydrogen) atoms. The molecule has 0 aliphatic carbocycles. The zero-order valence-corrected chi connectivity index (χ0v) is 17.6. The standard InChI is InChI=1S/C20H20N4O5S/c1-12-8-14(13-10-21-24(2)11-13)18-15(9-12)20(22-29-18)23-30(25,26)19-16(27-3)6-5-7-17(19)28-4/h5-11H,1-4H3,(H,22,23). The van der Waals surface area contributed by atoms with E-state index in [9.17, 15) is 8.42 Å².